The lowest BCUT2D eigenvalue weighted by Gasteiger charge is -2.44. The molecule has 5 nitrogen and oxygen atoms in total. The molecule has 0 aromatic rings. The van der Waals surface area contributed by atoms with Gasteiger partial charge in [0.05, 0.1) is 0 Å². The van der Waals surface area contributed by atoms with E-state index >= 15 is 0 Å². The van der Waals surface area contributed by atoms with Crippen LogP contribution in [0.4, 0.5) is 4.79 Å². The van der Waals surface area contributed by atoms with Gasteiger partial charge in [0, 0.05) is 45.3 Å². The fourth-order valence-corrected chi connectivity index (χ4v) is 4.33. The topological polar surface area (TPSA) is 38.8 Å². The van der Waals surface area contributed by atoms with Crippen molar-refractivity contribution >= 4 is 6.03 Å². The summed E-state index contributed by atoms with van der Waals surface area (Å²) >= 11 is 0. The zero-order valence-corrected chi connectivity index (χ0v) is 14.8. The van der Waals surface area contributed by atoms with Gasteiger partial charge < -0.3 is 15.1 Å². The number of rotatable bonds is 2. The number of carbonyl (C=O) groups is 1. The molecule has 2 amide bonds. The van der Waals surface area contributed by atoms with Gasteiger partial charge in [-0.1, -0.05) is 12.2 Å². The molecule has 0 aromatic heterocycles. The first kappa shape index (κ1) is 16.8. The average Bonchev–Trinajstić information content (AvgIpc) is 2.56. The normalized spacial score (nSPS) is 33.1. The summed E-state index contributed by atoms with van der Waals surface area (Å²) in [6.07, 6.45) is 10.6. The Kier molecular flexibility index (Phi) is 5.27. The van der Waals surface area contributed by atoms with E-state index in [4.69, 9.17) is 0 Å². The van der Waals surface area contributed by atoms with Crippen LogP contribution in [-0.2, 0) is 0 Å². The van der Waals surface area contributed by atoms with Crippen molar-refractivity contribution in [1.29, 1.82) is 0 Å². The molecule has 1 aliphatic carbocycles. The molecule has 2 fully saturated rings. The summed E-state index contributed by atoms with van der Waals surface area (Å²) in [4.78, 5) is 19.4. The lowest BCUT2D eigenvalue weighted by molar-refractivity contribution is 0.0893. The SMILES string of the molecule is CN1CCN(C)[C@@H](CNC(=O)N2CCC[C@@]3(CC=CCC3)C2)C1. The van der Waals surface area contributed by atoms with Crippen molar-refractivity contribution in [1.82, 2.24) is 20.0 Å². The number of allylic oxidation sites excluding steroid dienone is 2. The van der Waals surface area contributed by atoms with Crippen LogP contribution in [0.1, 0.15) is 32.1 Å². The highest BCUT2D eigenvalue weighted by Gasteiger charge is 2.37. The zero-order valence-electron chi connectivity index (χ0n) is 14.8. The summed E-state index contributed by atoms with van der Waals surface area (Å²) in [5, 5.41) is 3.20. The maximum Gasteiger partial charge on any atom is 0.317 e. The van der Waals surface area contributed by atoms with Crippen molar-refractivity contribution in [3.8, 4) is 0 Å². The van der Waals surface area contributed by atoms with Crippen molar-refractivity contribution < 1.29 is 4.79 Å². The van der Waals surface area contributed by atoms with Gasteiger partial charge in [0.1, 0.15) is 0 Å². The van der Waals surface area contributed by atoms with E-state index in [-0.39, 0.29) is 6.03 Å². The molecule has 0 radical (unpaired) electrons. The van der Waals surface area contributed by atoms with Crippen LogP contribution in [0.3, 0.4) is 0 Å². The number of hydrogen-bond acceptors (Lipinski definition) is 3. The van der Waals surface area contributed by atoms with E-state index in [2.05, 4.69) is 46.3 Å². The second-order valence-corrected chi connectivity index (χ2v) is 7.82. The van der Waals surface area contributed by atoms with Gasteiger partial charge in [0.2, 0.25) is 0 Å². The highest BCUT2D eigenvalue weighted by atomic mass is 16.2. The van der Waals surface area contributed by atoms with Gasteiger partial charge in [0.15, 0.2) is 0 Å². The standard InChI is InChI=1S/C18H32N4O/c1-20-11-12-21(2)16(14-20)13-19-17(23)22-10-6-9-18(15-22)7-4-3-5-8-18/h3-4,16H,5-15H2,1-2H3,(H,19,23)/t16-,18-/m0/s1. The van der Waals surface area contributed by atoms with Gasteiger partial charge in [0.25, 0.3) is 0 Å². The Morgan fingerprint density at radius 1 is 1.22 bits per heavy atom. The largest absolute Gasteiger partial charge is 0.336 e. The highest BCUT2D eigenvalue weighted by Crippen LogP contribution is 2.40. The molecule has 2 atom stereocenters. The van der Waals surface area contributed by atoms with E-state index in [1.54, 1.807) is 0 Å². The first-order chi connectivity index (χ1) is 11.1. The summed E-state index contributed by atoms with van der Waals surface area (Å²) < 4.78 is 0. The molecule has 0 bridgehead atoms. The minimum atomic E-state index is 0.139. The Balaban J connectivity index is 1.50. The molecule has 2 heterocycles. The number of likely N-dealkylation sites (tertiary alicyclic amines) is 1. The molecule has 3 aliphatic rings. The van der Waals surface area contributed by atoms with E-state index in [0.29, 0.717) is 11.5 Å². The molecule has 0 aromatic carbocycles. The van der Waals surface area contributed by atoms with Crippen molar-refractivity contribution in [3.63, 3.8) is 0 Å². The molecule has 130 valence electrons. The molecule has 1 N–H and O–H groups in total. The number of likely N-dealkylation sites (N-methyl/N-ethyl adjacent to an activating group) is 2. The molecular formula is C18H32N4O. The molecule has 3 rings (SSSR count). The van der Waals surface area contributed by atoms with Gasteiger partial charge in [-0.3, -0.25) is 4.90 Å². The van der Waals surface area contributed by atoms with E-state index in [9.17, 15) is 4.79 Å². The van der Waals surface area contributed by atoms with Crippen molar-refractivity contribution in [2.45, 2.75) is 38.1 Å². The second kappa shape index (κ2) is 7.22. The van der Waals surface area contributed by atoms with Crippen LogP contribution in [0.2, 0.25) is 0 Å². The van der Waals surface area contributed by atoms with Gasteiger partial charge in [-0.2, -0.15) is 0 Å². The smallest absolute Gasteiger partial charge is 0.317 e. The molecule has 5 heteroatoms. The number of nitrogens with zero attached hydrogens (tertiary/aromatic N) is 3. The number of nitrogens with one attached hydrogen (secondary N) is 1. The van der Waals surface area contributed by atoms with Gasteiger partial charge in [-0.25, -0.2) is 4.79 Å². The van der Waals surface area contributed by atoms with Gasteiger partial charge in [-0.05, 0) is 51.6 Å². The minimum absolute atomic E-state index is 0.139. The summed E-state index contributed by atoms with van der Waals surface area (Å²) in [6, 6.07) is 0.564. The quantitative estimate of drug-likeness (QED) is 0.788. The van der Waals surface area contributed by atoms with Crippen molar-refractivity contribution in [2.24, 2.45) is 5.41 Å². The molecule has 2 saturated heterocycles. The minimum Gasteiger partial charge on any atom is -0.336 e. The van der Waals surface area contributed by atoms with Crippen molar-refractivity contribution in [2.75, 3.05) is 53.4 Å². The predicted molar refractivity (Wildman–Crippen MR) is 93.5 cm³/mol. The van der Waals surface area contributed by atoms with E-state index in [1.807, 2.05) is 0 Å². The molecule has 2 aliphatic heterocycles. The molecule has 1 spiro atoms. The zero-order chi connectivity index (χ0) is 16.3. The van der Waals surface area contributed by atoms with Gasteiger partial charge >= 0.3 is 6.03 Å². The number of piperidine rings is 1. The fourth-order valence-electron chi connectivity index (χ4n) is 4.33. The summed E-state index contributed by atoms with van der Waals surface area (Å²) in [5.74, 6) is 0. The molecule has 23 heavy (non-hydrogen) atoms. The van der Waals surface area contributed by atoms with Crippen LogP contribution in [0.5, 0.6) is 0 Å². The lowest BCUT2D eigenvalue weighted by Crippen LogP contribution is -2.56. The first-order valence-electron chi connectivity index (χ1n) is 9.15. The van der Waals surface area contributed by atoms with Crippen LogP contribution in [0.15, 0.2) is 12.2 Å². The molecule has 0 saturated carbocycles. The summed E-state index contributed by atoms with van der Waals surface area (Å²) in [6.45, 7) is 5.83. The average molecular weight is 320 g/mol. The fraction of sp³-hybridized carbons (Fsp3) is 0.833. The Morgan fingerprint density at radius 3 is 2.87 bits per heavy atom. The Bertz CT molecular complexity index is 452. The molecular weight excluding hydrogens is 288 g/mol. The maximum atomic E-state index is 12.6. The summed E-state index contributed by atoms with van der Waals surface area (Å²) in [7, 11) is 4.32. The number of piperazine rings is 1. The number of carbonyl (C=O) groups excluding carboxylic acids is 1. The van der Waals surface area contributed by atoms with E-state index < -0.39 is 0 Å². The van der Waals surface area contributed by atoms with Crippen LogP contribution in [-0.4, -0.2) is 80.1 Å². The van der Waals surface area contributed by atoms with E-state index in [1.165, 1.54) is 19.3 Å². The number of urea groups is 1. The third kappa shape index (κ3) is 4.07. The Hall–Kier alpha value is -1.07. The monoisotopic (exact) mass is 320 g/mol. The van der Waals surface area contributed by atoms with Crippen LogP contribution < -0.4 is 5.32 Å². The Labute approximate surface area is 140 Å². The van der Waals surface area contributed by atoms with Crippen molar-refractivity contribution in [3.05, 3.63) is 12.2 Å². The van der Waals surface area contributed by atoms with Crippen LogP contribution in [0, 0.1) is 5.41 Å². The lowest BCUT2D eigenvalue weighted by atomic mass is 9.71. The number of amides is 2. The van der Waals surface area contributed by atoms with E-state index in [0.717, 1.165) is 52.1 Å². The third-order valence-corrected chi connectivity index (χ3v) is 5.98. The van der Waals surface area contributed by atoms with Gasteiger partial charge in [-0.15, -0.1) is 0 Å². The maximum absolute atomic E-state index is 12.6. The summed E-state index contributed by atoms with van der Waals surface area (Å²) in [5.41, 5.74) is 0.353. The van der Waals surface area contributed by atoms with Crippen LogP contribution in [0.25, 0.3) is 0 Å². The predicted octanol–water partition coefficient (Wildman–Crippen LogP) is 1.76. The third-order valence-electron chi connectivity index (χ3n) is 5.98. The second-order valence-electron chi connectivity index (χ2n) is 7.82. The van der Waals surface area contributed by atoms with Crippen LogP contribution >= 0.6 is 0 Å². The Morgan fingerprint density at radius 2 is 2.09 bits per heavy atom. The highest BCUT2D eigenvalue weighted by molar-refractivity contribution is 5.74. The molecule has 0 unspecified atom stereocenters. The first-order valence-corrected chi connectivity index (χ1v) is 9.15. The number of hydrogen-bond donors (Lipinski definition) is 1.